The largest absolute Gasteiger partial charge is 0.380 e. The highest BCUT2D eigenvalue weighted by Gasteiger charge is 2.15. The van der Waals surface area contributed by atoms with Gasteiger partial charge < -0.3 is 15.0 Å². The zero-order valence-electron chi connectivity index (χ0n) is 11.2. The summed E-state index contributed by atoms with van der Waals surface area (Å²) < 4.78 is 5.11. The van der Waals surface area contributed by atoms with E-state index >= 15 is 0 Å². The van der Waals surface area contributed by atoms with Gasteiger partial charge in [0, 0.05) is 38.2 Å². The highest BCUT2D eigenvalue weighted by molar-refractivity contribution is 7.99. The molecule has 19 heavy (non-hydrogen) atoms. The Hall–Kier alpha value is -1.20. The van der Waals surface area contributed by atoms with E-state index < -0.39 is 0 Å². The number of nitrogens with one attached hydrogen (secondary N) is 1. The minimum absolute atomic E-state index is 0.0393. The topological polar surface area (TPSA) is 41.6 Å². The van der Waals surface area contributed by atoms with E-state index in [1.165, 1.54) is 0 Å². The molecule has 0 spiro atoms. The summed E-state index contributed by atoms with van der Waals surface area (Å²) in [5, 5.41) is 2.97. The number of amides is 2. The second-order valence-electron chi connectivity index (χ2n) is 4.51. The summed E-state index contributed by atoms with van der Waals surface area (Å²) >= 11 is 1.90. The summed E-state index contributed by atoms with van der Waals surface area (Å²) in [6, 6.07) is 8.14. The van der Waals surface area contributed by atoms with E-state index in [4.69, 9.17) is 4.74 Å². The van der Waals surface area contributed by atoms with E-state index in [1.54, 1.807) is 7.11 Å². The van der Waals surface area contributed by atoms with Crippen LogP contribution in [0.1, 0.15) is 11.1 Å². The number of benzene rings is 1. The van der Waals surface area contributed by atoms with Gasteiger partial charge in [0.05, 0.1) is 6.61 Å². The second-order valence-corrected chi connectivity index (χ2v) is 5.74. The third-order valence-corrected chi connectivity index (χ3v) is 3.99. The first-order chi connectivity index (χ1) is 9.29. The smallest absolute Gasteiger partial charge is 0.317 e. The molecule has 2 rings (SSSR count). The SMILES string of the molecule is COCc1cccc(CNC(=O)N2CCSCC2)c1. The third-order valence-electron chi connectivity index (χ3n) is 3.04. The van der Waals surface area contributed by atoms with Crippen LogP contribution in [-0.2, 0) is 17.9 Å². The molecule has 0 radical (unpaired) electrons. The molecule has 0 bridgehead atoms. The van der Waals surface area contributed by atoms with Crippen LogP contribution < -0.4 is 5.32 Å². The summed E-state index contributed by atoms with van der Waals surface area (Å²) in [5.74, 6) is 2.08. The van der Waals surface area contributed by atoms with Gasteiger partial charge in [-0.15, -0.1) is 0 Å². The van der Waals surface area contributed by atoms with Gasteiger partial charge in [-0.05, 0) is 11.1 Å². The zero-order chi connectivity index (χ0) is 13.5. The Balaban J connectivity index is 1.83. The van der Waals surface area contributed by atoms with Crippen LogP contribution in [0.25, 0.3) is 0 Å². The quantitative estimate of drug-likeness (QED) is 0.918. The molecule has 0 aliphatic carbocycles. The number of carbonyl (C=O) groups is 1. The molecule has 0 unspecified atom stereocenters. The van der Waals surface area contributed by atoms with Crippen LogP contribution in [0.4, 0.5) is 4.79 Å². The lowest BCUT2D eigenvalue weighted by Crippen LogP contribution is -2.44. The molecule has 0 saturated carbocycles. The van der Waals surface area contributed by atoms with Crippen molar-refractivity contribution in [1.82, 2.24) is 10.2 Å². The maximum Gasteiger partial charge on any atom is 0.317 e. The lowest BCUT2D eigenvalue weighted by molar-refractivity contribution is 0.185. The van der Waals surface area contributed by atoms with Crippen LogP contribution in [0.3, 0.4) is 0 Å². The molecule has 1 saturated heterocycles. The van der Waals surface area contributed by atoms with Crippen LogP contribution >= 0.6 is 11.8 Å². The number of rotatable bonds is 4. The van der Waals surface area contributed by atoms with Crippen molar-refractivity contribution >= 4 is 17.8 Å². The van der Waals surface area contributed by atoms with Gasteiger partial charge in [-0.3, -0.25) is 0 Å². The molecular weight excluding hydrogens is 260 g/mol. The van der Waals surface area contributed by atoms with Crippen molar-refractivity contribution in [3.63, 3.8) is 0 Å². The minimum atomic E-state index is 0.0393. The lowest BCUT2D eigenvalue weighted by Gasteiger charge is -2.26. The molecule has 1 aliphatic heterocycles. The van der Waals surface area contributed by atoms with Gasteiger partial charge in [-0.1, -0.05) is 24.3 Å². The summed E-state index contributed by atoms with van der Waals surface area (Å²) in [7, 11) is 1.68. The Labute approximate surface area is 118 Å². The van der Waals surface area contributed by atoms with E-state index in [1.807, 2.05) is 34.9 Å². The van der Waals surface area contributed by atoms with Gasteiger partial charge in [-0.2, -0.15) is 11.8 Å². The molecule has 1 aromatic carbocycles. The number of nitrogens with zero attached hydrogens (tertiary/aromatic N) is 1. The summed E-state index contributed by atoms with van der Waals surface area (Å²) in [6.07, 6.45) is 0. The minimum Gasteiger partial charge on any atom is -0.380 e. The first kappa shape index (κ1) is 14.2. The van der Waals surface area contributed by atoms with Crippen molar-refractivity contribution in [2.24, 2.45) is 0 Å². The lowest BCUT2D eigenvalue weighted by atomic mass is 10.1. The molecule has 1 N–H and O–H groups in total. The number of ether oxygens (including phenoxy) is 1. The van der Waals surface area contributed by atoms with Gasteiger partial charge in [0.25, 0.3) is 0 Å². The van der Waals surface area contributed by atoms with Crippen LogP contribution in [0, 0.1) is 0 Å². The third kappa shape index (κ3) is 4.44. The summed E-state index contributed by atoms with van der Waals surface area (Å²) in [6.45, 7) is 2.87. The zero-order valence-corrected chi connectivity index (χ0v) is 12.0. The molecule has 104 valence electrons. The first-order valence-corrected chi connectivity index (χ1v) is 7.62. The molecule has 0 atom stereocenters. The van der Waals surface area contributed by atoms with E-state index in [0.717, 1.165) is 35.7 Å². The molecule has 1 fully saturated rings. The highest BCUT2D eigenvalue weighted by atomic mass is 32.2. The maximum absolute atomic E-state index is 12.0. The second kappa shape index (κ2) is 7.40. The van der Waals surface area contributed by atoms with Crippen molar-refractivity contribution in [3.8, 4) is 0 Å². The molecule has 0 aromatic heterocycles. The number of carbonyl (C=O) groups excluding carboxylic acids is 1. The average Bonchev–Trinajstić information content (AvgIpc) is 2.46. The van der Waals surface area contributed by atoms with Crippen molar-refractivity contribution in [2.45, 2.75) is 13.2 Å². The number of thioether (sulfide) groups is 1. The molecular formula is C14H20N2O2S. The highest BCUT2D eigenvalue weighted by Crippen LogP contribution is 2.10. The molecule has 1 aromatic rings. The number of hydrogen-bond acceptors (Lipinski definition) is 3. The predicted octanol–water partition coefficient (Wildman–Crippen LogP) is 2.09. The van der Waals surface area contributed by atoms with Crippen LogP contribution in [-0.4, -0.2) is 42.6 Å². The van der Waals surface area contributed by atoms with Gasteiger partial charge >= 0.3 is 6.03 Å². The molecule has 1 heterocycles. The van der Waals surface area contributed by atoms with Gasteiger partial charge in [0.1, 0.15) is 0 Å². The molecule has 1 aliphatic rings. The van der Waals surface area contributed by atoms with E-state index in [0.29, 0.717) is 13.2 Å². The van der Waals surface area contributed by atoms with E-state index in [9.17, 15) is 4.79 Å². The monoisotopic (exact) mass is 280 g/mol. The van der Waals surface area contributed by atoms with Gasteiger partial charge in [-0.25, -0.2) is 4.79 Å². The number of methoxy groups -OCH3 is 1. The normalized spacial score (nSPS) is 15.3. The fraction of sp³-hybridized carbons (Fsp3) is 0.500. The van der Waals surface area contributed by atoms with Crippen LogP contribution in [0.15, 0.2) is 24.3 Å². The van der Waals surface area contributed by atoms with Gasteiger partial charge in [0.2, 0.25) is 0 Å². The van der Waals surface area contributed by atoms with Crippen LogP contribution in [0.2, 0.25) is 0 Å². The fourth-order valence-electron chi connectivity index (χ4n) is 2.05. The standard InChI is InChI=1S/C14H20N2O2S/c1-18-11-13-4-2-3-12(9-13)10-15-14(17)16-5-7-19-8-6-16/h2-4,9H,5-8,10-11H2,1H3,(H,15,17). The van der Waals surface area contributed by atoms with Crippen LogP contribution in [0.5, 0.6) is 0 Å². The van der Waals surface area contributed by atoms with Crippen molar-refractivity contribution < 1.29 is 9.53 Å². The Morgan fingerprint density at radius 1 is 1.37 bits per heavy atom. The summed E-state index contributed by atoms with van der Waals surface area (Å²) in [5.41, 5.74) is 2.23. The average molecular weight is 280 g/mol. The van der Waals surface area contributed by atoms with Crippen molar-refractivity contribution in [2.75, 3.05) is 31.7 Å². The summed E-state index contributed by atoms with van der Waals surface area (Å²) in [4.78, 5) is 13.8. The Kier molecular flexibility index (Phi) is 5.54. The first-order valence-electron chi connectivity index (χ1n) is 6.47. The maximum atomic E-state index is 12.0. The molecule has 2 amide bonds. The Bertz CT molecular complexity index is 420. The van der Waals surface area contributed by atoms with Crippen molar-refractivity contribution in [1.29, 1.82) is 0 Å². The Morgan fingerprint density at radius 3 is 2.84 bits per heavy atom. The number of urea groups is 1. The fourth-order valence-corrected chi connectivity index (χ4v) is 2.96. The molecule has 5 heteroatoms. The molecule has 4 nitrogen and oxygen atoms in total. The van der Waals surface area contributed by atoms with Crippen molar-refractivity contribution in [3.05, 3.63) is 35.4 Å². The van der Waals surface area contributed by atoms with E-state index in [2.05, 4.69) is 11.4 Å². The predicted molar refractivity (Wildman–Crippen MR) is 78.3 cm³/mol. The van der Waals surface area contributed by atoms with E-state index in [-0.39, 0.29) is 6.03 Å². The number of hydrogen-bond donors (Lipinski definition) is 1. The van der Waals surface area contributed by atoms with Gasteiger partial charge in [0.15, 0.2) is 0 Å². The Morgan fingerprint density at radius 2 is 2.11 bits per heavy atom.